The van der Waals surface area contributed by atoms with Gasteiger partial charge in [-0.25, -0.2) is 0 Å². The molecule has 1 N–H and O–H groups in total. The van der Waals surface area contributed by atoms with Crippen LogP contribution in [0.5, 0.6) is 5.75 Å². The van der Waals surface area contributed by atoms with Gasteiger partial charge in [0, 0.05) is 12.5 Å². The van der Waals surface area contributed by atoms with Crippen LogP contribution < -0.4 is 10.1 Å². The van der Waals surface area contributed by atoms with E-state index < -0.39 is 0 Å². The van der Waals surface area contributed by atoms with Crippen LogP contribution in [0.1, 0.15) is 22.4 Å². The number of hydrogen-bond donors (Lipinski definition) is 1. The first kappa shape index (κ1) is 15.2. The summed E-state index contributed by atoms with van der Waals surface area (Å²) in [7, 11) is 3.12. The van der Waals surface area contributed by atoms with Crippen LogP contribution in [-0.2, 0) is 4.74 Å². The van der Waals surface area contributed by atoms with Gasteiger partial charge >= 0.3 is 0 Å². The Morgan fingerprint density at radius 3 is 2.83 bits per heavy atom. The van der Waals surface area contributed by atoms with Crippen LogP contribution >= 0.6 is 0 Å². The number of methoxy groups -OCH3 is 2. The number of carbonyl (C=O) groups excluding carboxylic acids is 1. The van der Waals surface area contributed by atoms with Crippen molar-refractivity contribution in [3.63, 3.8) is 0 Å². The van der Waals surface area contributed by atoms with E-state index in [1.165, 1.54) is 0 Å². The maximum Gasteiger partial charge on any atom is 0.287 e. The van der Waals surface area contributed by atoms with Gasteiger partial charge in [-0.2, -0.15) is 0 Å². The normalized spacial score (nSPS) is 12.3. The summed E-state index contributed by atoms with van der Waals surface area (Å²) < 4.78 is 21.4. The predicted molar refractivity (Wildman–Crippen MR) is 83.6 cm³/mol. The van der Waals surface area contributed by atoms with Crippen LogP contribution in [0.3, 0.4) is 0 Å². The summed E-state index contributed by atoms with van der Waals surface area (Å²) in [4.78, 5) is 12.3. The van der Waals surface area contributed by atoms with Crippen LogP contribution in [-0.4, -0.2) is 26.7 Å². The lowest BCUT2D eigenvalue weighted by atomic mass is 10.2. The van der Waals surface area contributed by atoms with E-state index in [1.54, 1.807) is 44.7 Å². The van der Waals surface area contributed by atoms with Crippen LogP contribution in [0.15, 0.2) is 51.5 Å². The fraction of sp³-hybridized carbons (Fsp3) is 0.235. The molecule has 3 rings (SSSR count). The summed E-state index contributed by atoms with van der Waals surface area (Å²) in [5.41, 5.74) is 0.550. The summed E-state index contributed by atoms with van der Waals surface area (Å²) in [6, 6.07) is 10.7. The van der Waals surface area contributed by atoms with E-state index in [0.29, 0.717) is 17.1 Å². The smallest absolute Gasteiger partial charge is 0.287 e. The Kier molecular flexibility index (Phi) is 4.34. The highest BCUT2D eigenvalue weighted by Crippen LogP contribution is 2.28. The van der Waals surface area contributed by atoms with E-state index in [0.717, 1.165) is 5.39 Å². The minimum atomic E-state index is -0.354. The number of rotatable bonds is 6. The zero-order valence-electron chi connectivity index (χ0n) is 12.9. The first-order chi connectivity index (χ1) is 11.2. The van der Waals surface area contributed by atoms with Crippen molar-refractivity contribution >= 4 is 16.9 Å². The third-order valence-corrected chi connectivity index (χ3v) is 3.54. The number of furan rings is 2. The first-order valence-electron chi connectivity index (χ1n) is 7.14. The zero-order chi connectivity index (χ0) is 16.2. The number of hydrogen-bond acceptors (Lipinski definition) is 5. The lowest BCUT2D eigenvalue weighted by Crippen LogP contribution is -2.28. The van der Waals surface area contributed by atoms with Gasteiger partial charge < -0.3 is 23.6 Å². The van der Waals surface area contributed by atoms with Crippen molar-refractivity contribution in [1.29, 1.82) is 0 Å². The molecule has 120 valence electrons. The monoisotopic (exact) mass is 315 g/mol. The molecule has 6 nitrogen and oxygen atoms in total. The van der Waals surface area contributed by atoms with E-state index in [9.17, 15) is 4.79 Å². The average Bonchev–Trinajstić information content (AvgIpc) is 3.24. The van der Waals surface area contributed by atoms with E-state index >= 15 is 0 Å². The molecule has 0 aliphatic carbocycles. The number of nitrogens with one attached hydrogen (secondary N) is 1. The molecule has 3 aromatic rings. The molecule has 0 fully saturated rings. The van der Waals surface area contributed by atoms with Crippen LogP contribution in [0.2, 0.25) is 0 Å². The Morgan fingerprint density at radius 1 is 1.26 bits per heavy atom. The summed E-state index contributed by atoms with van der Waals surface area (Å²) in [6.07, 6.45) is 1.21. The summed E-state index contributed by atoms with van der Waals surface area (Å²) in [5.74, 6) is 1.14. The zero-order valence-corrected chi connectivity index (χ0v) is 12.9. The summed E-state index contributed by atoms with van der Waals surface area (Å²) in [5, 5.41) is 3.59. The van der Waals surface area contributed by atoms with Crippen molar-refractivity contribution < 1.29 is 23.1 Å². The summed E-state index contributed by atoms with van der Waals surface area (Å²) in [6.45, 7) is 0.275. The van der Waals surface area contributed by atoms with Crippen molar-refractivity contribution in [2.24, 2.45) is 0 Å². The van der Waals surface area contributed by atoms with Crippen LogP contribution in [0, 0.1) is 0 Å². The van der Waals surface area contributed by atoms with E-state index in [-0.39, 0.29) is 24.3 Å². The molecule has 1 aromatic carbocycles. The number of para-hydroxylation sites is 1. The van der Waals surface area contributed by atoms with Gasteiger partial charge in [-0.15, -0.1) is 0 Å². The second-order valence-corrected chi connectivity index (χ2v) is 4.94. The molecule has 1 unspecified atom stereocenters. The molecule has 0 aliphatic heterocycles. The van der Waals surface area contributed by atoms with Gasteiger partial charge in [0.25, 0.3) is 5.91 Å². The SMILES string of the molecule is COc1cccc2cc(C(=O)NCC(OC)c3ccco3)oc12. The third-order valence-electron chi connectivity index (χ3n) is 3.54. The Labute approximate surface area is 133 Å². The number of benzene rings is 1. The molecule has 0 radical (unpaired) electrons. The molecular formula is C17H17NO5. The Bertz CT molecular complexity index is 791. The van der Waals surface area contributed by atoms with Gasteiger partial charge in [0.05, 0.1) is 19.9 Å². The van der Waals surface area contributed by atoms with E-state index in [4.69, 9.17) is 18.3 Å². The Morgan fingerprint density at radius 2 is 2.13 bits per heavy atom. The molecule has 0 saturated heterocycles. The van der Waals surface area contributed by atoms with Gasteiger partial charge in [0.1, 0.15) is 11.9 Å². The van der Waals surface area contributed by atoms with Crippen molar-refractivity contribution in [1.82, 2.24) is 5.32 Å². The molecule has 0 saturated carbocycles. The number of amides is 1. The van der Waals surface area contributed by atoms with Gasteiger partial charge in [0.15, 0.2) is 17.1 Å². The highest BCUT2D eigenvalue weighted by molar-refractivity contribution is 5.97. The molecule has 2 heterocycles. The second kappa shape index (κ2) is 6.58. The maximum absolute atomic E-state index is 12.3. The van der Waals surface area contributed by atoms with Gasteiger partial charge in [-0.1, -0.05) is 12.1 Å². The largest absolute Gasteiger partial charge is 0.493 e. The Balaban J connectivity index is 1.73. The fourth-order valence-electron chi connectivity index (χ4n) is 2.36. The van der Waals surface area contributed by atoms with Crippen molar-refractivity contribution in [2.75, 3.05) is 20.8 Å². The minimum absolute atomic E-state index is 0.221. The molecule has 0 spiro atoms. The fourth-order valence-corrected chi connectivity index (χ4v) is 2.36. The molecule has 2 aromatic heterocycles. The molecule has 23 heavy (non-hydrogen) atoms. The maximum atomic E-state index is 12.3. The minimum Gasteiger partial charge on any atom is -0.493 e. The number of carbonyl (C=O) groups is 1. The molecule has 6 heteroatoms. The van der Waals surface area contributed by atoms with Crippen LogP contribution in [0.25, 0.3) is 11.0 Å². The lowest BCUT2D eigenvalue weighted by Gasteiger charge is -2.12. The van der Waals surface area contributed by atoms with Gasteiger partial charge in [-0.3, -0.25) is 4.79 Å². The molecular weight excluding hydrogens is 298 g/mol. The first-order valence-corrected chi connectivity index (χ1v) is 7.14. The highest BCUT2D eigenvalue weighted by Gasteiger charge is 2.18. The quantitative estimate of drug-likeness (QED) is 0.756. The third kappa shape index (κ3) is 3.07. The second-order valence-electron chi connectivity index (χ2n) is 4.94. The topological polar surface area (TPSA) is 73.8 Å². The number of ether oxygens (including phenoxy) is 2. The lowest BCUT2D eigenvalue weighted by molar-refractivity contribution is 0.0725. The van der Waals surface area contributed by atoms with E-state index in [1.807, 2.05) is 12.1 Å². The summed E-state index contributed by atoms with van der Waals surface area (Å²) >= 11 is 0. The highest BCUT2D eigenvalue weighted by atomic mass is 16.5. The van der Waals surface area contributed by atoms with E-state index in [2.05, 4.69) is 5.32 Å². The molecule has 0 bridgehead atoms. The van der Waals surface area contributed by atoms with Crippen molar-refractivity contribution in [2.45, 2.75) is 6.10 Å². The van der Waals surface area contributed by atoms with Gasteiger partial charge in [0.2, 0.25) is 0 Å². The van der Waals surface area contributed by atoms with Crippen LogP contribution in [0.4, 0.5) is 0 Å². The van der Waals surface area contributed by atoms with Gasteiger partial charge in [-0.05, 0) is 24.3 Å². The molecule has 1 atom stereocenters. The molecule has 0 aliphatic rings. The average molecular weight is 315 g/mol. The molecule has 1 amide bonds. The number of fused-ring (bicyclic) bond motifs is 1. The standard InChI is InChI=1S/C17H17NO5/c1-20-13-6-3-5-11-9-14(23-16(11)13)17(19)18-10-15(21-2)12-7-4-8-22-12/h3-9,15H,10H2,1-2H3,(H,18,19). The Hall–Kier alpha value is -2.73. The van der Waals surface area contributed by atoms with Crippen molar-refractivity contribution in [3.05, 3.63) is 54.2 Å². The predicted octanol–water partition coefficient (Wildman–Crippen LogP) is 3.15. The van der Waals surface area contributed by atoms with Crippen molar-refractivity contribution in [3.8, 4) is 5.75 Å².